The summed E-state index contributed by atoms with van der Waals surface area (Å²) < 4.78 is 13.0. The first kappa shape index (κ1) is 19.6. The van der Waals surface area contributed by atoms with Gasteiger partial charge in [-0.25, -0.2) is 0 Å². The molecule has 0 bridgehead atoms. The molecule has 1 amide bonds. The Morgan fingerprint density at radius 1 is 1.35 bits per heavy atom. The van der Waals surface area contributed by atoms with Crippen molar-refractivity contribution in [3.05, 3.63) is 45.2 Å². The highest BCUT2D eigenvalue weighted by Gasteiger charge is 2.38. The Morgan fingerprint density at radius 2 is 2.08 bits per heavy atom. The summed E-state index contributed by atoms with van der Waals surface area (Å²) >= 11 is 2.29. The zero-order chi connectivity index (χ0) is 18.5. The van der Waals surface area contributed by atoms with E-state index in [4.69, 9.17) is 9.47 Å². The van der Waals surface area contributed by atoms with Crippen LogP contribution in [0.5, 0.6) is 0 Å². The van der Waals surface area contributed by atoms with Gasteiger partial charge in [0.25, 0.3) is 5.91 Å². The number of hydrogen-bond donors (Lipinski definition) is 2. The molecule has 26 heavy (non-hydrogen) atoms. The molecule has 1 aromatic rings. The number of halogens is 1. The van der Waals surface area contributed by atoms with Gasteiger partial charge in [-0.2, -0.15) is 0 Å². The minimum absolute atomic E-state index is 0.0174. The molecule has 1 fully saturated rings. The van der Waals surface area contributed by atoms with Gasteiger partial charge in [0.1, 0.15) is 0 Å². The molecule has 1 saturated carbocycles. The van der Waals surface area contributed by atoms with E-state index in [1.54, 1.807) is 0 Å². The third-order valence-corrected chi connectivity index (χ3v) is 5.52. The monoisotopic (exact) mass is 471 g/mol. The van der Waals surface area contributed by atoms with Gasteiger partial charge < -0.3 is 19.9 Å². The fourth-order valence-corrected chi connectivity index (χ4v) is 3.67. The van der Waals surface area contributed by atoms with Gasteiger partial charge in [0.05, 0.1) is 0 Å². The summed E-state index contributed by atoms with van der Waals surface area (Å²) in [4.78, 5) is 12.5. The summed E-state index contributed by atoms with van der Waals surface area (Å²) in [6.45, 7) is 2.57. The van der Waals surface area contributed by atoms with Crippen LogP contribution in [0.25, 0.3) is 0 Å². The van der Waals surface area contributed by atoms with Gasteiger partial charge >= 0.3 is 0 Å². The molecule has 1 heterocycles. The third-order valence-electron chi connectivity index (χ3n) is 4.80. The molecule has 1 aliphatic carbocycles. The number of amides is 1. The Labute approximate surface area is 168 Å². The van der Waals surface area contributed by atoms with E-state index in [2.05, 4.69) is 52.2 Å². The molecule has 0 saturated heterocycles. The van der Waals surface area contributed by atoms with Crippen LogP contribution in [0.2, 0.25) is 0 Å². The number of rotatable bonds is 8. The number of nitrogens with one attached hydrogen (secondary N) is 1. The molecular formula is C20H26INO4. The maximum atomic E-state index is 12.5. The summed E-state index contributed by atoms with van der Waals surface area (Å²) in [7, 11) is 0. The Balaban J connectivity index is 1.90. The molecular weight excluding hydrogens is 445 g/mol. The number of aliphatic hydroxyl groups is 1. The van der Waals surface area contributed by atoms with E-state index in [1.807, 2.05) is 13.0 Å². The molecule has 0 spiro atoms. The molecule has 3 rings (SSSR count). The number of allylic oxidation sites excluding steroid dienone is 1. The molecule has 0 radical (unpaired) electrons. The molecule has 0 aromatic heterocycles. The quantitative estimate of drug-likeness (QED) is 0.571. The zero-order valence-corrected chi connectivity index (χ0v) is 17.1. The average molecular weight is 471 g/mol. The van der Waals surface area contributed by atoms with Crippen molar-refractivity contribution in [2.24, 2.45) is 5.92 Å². The molecule has 1 aromatic carbocycles. The average Bonchev–Trinajstić information content (AvgIpc) is 3.45. The zero-order valence-electron chi connectivity index (χ0n) is 15.0. The topological polar surface area (TPSA) is 67.8 Å². The van der Waals surface area contributed by atoms with Crippen molar-refractivity contribution < 1.29 is 19.4 Å². The minimum atomic E-state index is -0.485. The second kappa shape index (κ2) is 9.19. The Hall–Kier alpha value is -1.12. The van der Waals surface area contributed by atoms with E-state index in [-0.39, 0.29) is 30.4 Å². The van der Waals surface area contributed by atoms with Crippen LogP contribution in [0.1, 0.15) is 44.1 Å². The number of hydrogen-bond acceptors (Lipinski definition) is 4. The highest BCUT2D eigenvalue weighted by molar-refractivity contribution is 14.1. The predicted octanol–water partition coefficient (Wildman–Crippen LogP) is 3.32. The lowest BCUT2D eigenvalue weighted by molar-refractivity contribution is -0.166. The molecule has 0 unspecified atom stereocenters. The number of aliphatic hydroxyl groups excluding tert-OH is 1. The van der Waals surface area contributed by atoms with E-state index < -0.39 is 6.29 Å². The molecule has 6 heteroatoms. The first-order chi connectivity index (χ1) is 12.6. The number of ether oxygens (including phenoxy) is 2. The number of carbonyl (C=O) groups excluding carboxylic acids is 1. The molecule has 3 atom stereocenters. The van der Waals surface area contributed by atoms with Crippen LogP contribution in [0.15, 0.2) is 36.1 Å². The molecule has 142 valence electrons. The van der Waals surface area contributed by atoms with Gasteiger partial charge in [0.2, 0.25) is 6.29 Å². The van der Waals surface area contributed by atoms with Crippen LogP contribution in [0.3, 0.4) is 0 Å². The van der Waals surface area contributed by atoms with Crippen molar-refractivity contribution in [1.29, 1.82) is 0 Å². The van der Waals surface area contributed by atoms with Crippen LogP contribution in [-0.2, 0) is 14.3 Å². The molecule has 5 nitrogen and oxygen atoms in total. The molecule has 1 aliphatic heterocycles. The predicted molar refractivity (Wildman–Crippen MR) is 107 cm³/mol. The van der Waals surface area contributed by atoms with Crippen LogP contribution < -0.4 is 5.32 Å². The van der Waals surface area contributed by atoms with Crippen LogP contribution in [0.4, 0.5) is 0 Å². The van der Waals surface area contributed by atoms with Crippen molar-refractivity contribution in [1.82, 2.24) is 5.32 Å². The van der Waals surface area contributed by atoms with Crippen molar-refractivity contribution in [3.8, 4) is 0 Å². The van der Waals surface area contributed by atoms with E-state index in [0.717, 1.165) is 24.8 Å². The highest BCUT2D eigenvalue weighted by Crippen LogP contribution is 2.39. The van der Waals surface area contributed by atoms with Gasteiger partial charge in [-0.1, -0.05) is 12.1 Å². The minimum Gasteiger partial charge on any atom is -0.459 e. The second-order valence-electron chi connectivity index (χ2n) is 6.83. The summed E-state index contributed by atoms with van der Waals surface area (Å²) in [6, 6.07) is 8.62. The van der Waals surface area contributed by atoms with Gasteiger partial charge in [-0.15, -0.1) is 0 Å². The van der Waals surface area contributed by atoms with E-state index in [0.29, 0.717) is 18.8 Å². The van der Waals surface area contributed by atoms with E-state index >= 15 is 0 Å². The van der Waals surface area contributed by atoms with Crippen LogP contribution in [0, 0.1) is 9.49 Å². The first-order valence-corrected chi connectivity index (χ1v) is 10.4. The molecule has 2 aliphatic rings. The first-order valence-electron chi connectivity index (χ1n) is 9.29. The maximum Gasteiger partial charge on any atom is 0.286 e. The third kappa shape index (κ3) is 4.98. The van der Waals surface area contributed by atoms with Gasteiger partial charge in [0.15, 0.2) is 5.76 Å². The van der Waals surface area contributed by atoms with Crippen molar-refractivity contribution in [3.63, 3.8) is 0 Å². The normalized spacial score (nSPS) is 25.3. The van der Waals surface area contributed by atoms with Gasteiger partial charge in [0, 0.05) is 34.7 Å². The second-order valence-corrected chi connectivity index (χ2v) is 8.07. The summed E-state index contributed by atoms with van der Waals surface area (Å²) in [5.74, 6) is 0.260. The number of benzene rings is 1. The van der Waals surface area contributed by atoms with Gasteiger partial charge in [-0.05, 0) is 79.0 Å². The SMILES string of the molecule is CCO[C@H]1OC(C(=O)NC2CC2)=C[C@@H](c2ccc(I)cc2)[C@H]1CCCO. The van der Waals surface area contributed by atoms with E-state index in [1.165, 1.54) is 3.57 Å². The summed E-state index contributed by atoms with van der Waals surface area (Å²) in [5.41, 5.74) is 1.14. The fraction of sp³-hybridized carbons (Fsp3) is 0.550. The van der Waals surface area contributed by atoms with Crippen molar-refractivity contribution >= 4 is 28.5 Å². The summed E-state index contributed by atoms with van der Waals surface area (Å²) in [6.07, 6.45) is 4.96. The number of carbonyl (C=O) groups is 1. The smallest absolute Gasteiger partial charge is 0.286 e. The maximum absolute atomic E-state index is 12.5. The Morgan fingerprint density at radius 3 is 2.69 bits per heavy atom. The lowest BCUT2D eigenvalue weighted by Gasteiger charge is -2.37. The largest absolute Gasteiger partial charge is 0.459 e. The van der Waals surface area contributed by atoms with Crippen LogP contribution in [-0.4, -0.2) is 36.6 Å². The van der Waals surface area contributed by atoms with Crippen LogP contribution >= 0.6 is 22.6 Å². The lowest BCUT2D eigenvalue weighted by atomic mass is 9.80. The Kier molecular flexibility index (Phi) is 6.94. The van der Waals surface area contributed by atoms with Gasteiger partial charge in [-0.3, -0.25) is 4.79 Å². The van der Waals surface area contributed by atoms with E-state index in [9.17, 15) is 9.90 Å². The van der Waals surface area contributed by atoms with Crippen molar-refractivity contribution in [2.45, 2.75) is 50.9 Å². The van der Waals surface area contributed by atoms with Crippen molar-refractivity contribution in [2.75, 3.05) is 13.2 Å². The fourth-order valence-electron chi connectivity index (χ4n) is 3.31. The standard InChI is InChI=1S/C20H26INO4/c1-2-25-20-16(4-3-11-23)17(13-5-7-14(21)8-6-13)12-18(26-20)19(24)22-15-9-10-15/h5-8,12,15-17,20,23H,2-4,9-11H2,1H3,(H,22,24)/t16-,17+,20+/m1/s1. The highest BCUT2D eigenvalue weighted by atomic mass is 127. The summed E-state index contributed by atoms with van der Waals surface area (Å²) in [5, 5.41) is 12.3. The molecule has 2 N–H and O–H groups in total. The lowest BCUT2D eigenvalue weighted by Crippen LogP contribution is -2.39. The Bertz CT molecular complexity index is 642.